The number of nitro benzene ring substituents is 1. The first-order valence-corrected chi connectivity index (χ1v) is 14.7. The second-order valence-electron chi connectivity index (χ2n) is 10.0. The van der Waals surface area contributed by atoms with E-state index in [9.17, 15) is 10.1 Å². The molecule has 0 spiro atoms. The molecule has 1 aromatic carbocycles. The number of aromatic nitrogens is 3. The van der Waals surface area contributed by atoms with Gasteiger partial charge in [-0.15, -0.1) is 11.3 Å². The summed E-state index contributed by atoms with van der Waals surface area (Å²) >= 11 is 7.18. The smallest absolute Gasteiger partial charge is 0.269 e. The monoisotopic (exact) mass is 565 g/mol. The van der Waals surface area contributed by atoms with Gasteiger partial charge in [0.05, 0.1) is 10.6 Å². The van der Waals surface area contributed by atoms with Crippen molar-refractivity contribution in [3.8, 4) is 11.3 Å². The summed E-state index contributed by atoms with van der Waals surface area (Å²) in [6, 6.07) is 8.57. The zero-order valence-electron chi connectivity index (χ0n) is 21.7. The van der Waals surface area contributed by atoms with E-state index in [1.165, 1.54) is 49.2 Å². The van der Waals surface area contributed by atoms with Gasteiger partial charge in [0.1, 0.15) is 11.6 Å². The van der Waals surface area contributed by atoms with Crippen molar-refractivity contribution < 1.29 is 4.92 Å². The molecule has 3 fully saturated rings. The maximum Gasteiger partial charge on any atom is 0.269 e. The molecule has 0 radical (unpaired) electrons. The van der Waals surface area contributed by atoms with Crippen LogP contribution in [-0.2, 0) is 0 Å². The van der Waals surface area contributed by atoms with Gasteiger partial charge in [0, 0.05) is 81.5 Å². The van der Waals surface area contributed by atoms with Crippen molar-refractivity contribution in [3.63, 3.8) is 0 Å². The van der Waals surface area contributed by atoms with Crippen LogP contribution in [0.3, 0.4) is 0 Å². The van der Waals surface area contributed by atoms with Gasteiger partial charge in [-0.1, -0.05) is 0 Å². The highest BCUT2D eigenvalue weighted by molar-refractivity contribution is 7.80. The highest BCUT2D eigenvalue weighted by atomic mass is 32.1. The van der Waals surface area contributed by atoms with Crippen LogP contribution in [-0.4, -0.2) is 82.2 Å². The van der Waals surface area contributed by atoms with Crippen LogP contribution in [0.1, 0.15) is 25.7 Å². The SMILES string of the molecule is O=[N+]([O-])c1ccc(-c2csc(NC(=S)N3CCN(c4cc(N5CCCC5)nc(N5CCCC5)n4)CC3)n2)cc1. The van der Waals surface area contributed by atoms with Crippen LogP contribution in [0.4, 0.5) is 28.4 Å². The maximum atomic E-state index is 10.9. The fraction of sp³-hybridized carbons (Fsp3) is 0.462. The fourth-order valence-electron chi connectivity index (χ4n) is 5.27. The molecule has 3 aliphatic heterocycles. The van der Waals surface area contributed by atoms with Crippen LogP contribution in [0, 0.1) is 10.1 Å². The molecule has 5 heterocycles. The summed E-state index contributed by atoms with van der Waals surface area (Å²) < 4.78 is 0. The number of rotatable bonds is 6. The summed E-state index contributed by atoms with van der Waals surface area (Å²) in [5.41, 5.74) is 1.65. The first-order valence-electron chi connectivity index (χ1n) is 13.4. The summed E-state index contributed by atoms with van der Waals surface area (Å²) in [6.45, 7) is 7.40. The standard InChI is InChI=1S/C26H31N9O2S2/c36-35(37)20-7-5-19(6-8-20)21-18-39-25(27-21)30-26(38)34-15-13-32(14-16-34)23-17-22(31-9-1-2-10-31)28-24(29-23)33-11-3-4-12-33/h5-8,17-18H,1-4,9-16H2,(H,27,30,38). The highest BCUT2D eigenvalue weighted by Gasteiger charge is 2.25. The molecule has 0 atom stereocenters. The van der Waals surface area contributed by atoms with Crippen LogP contribution in [0.2, 0.25) is 0 Å². The molecule has 0 saturated carbocycles. The lowest BCUT2D eigenvalue weighted by atomic mass is 10.1. The molecular formula is C26H31N9O2S2. The largest absolute Gasteiger partial charge is 0.356 e. The lowest BCUT2D eigenvalue weighted by Gasteiger charge is -2.37. The Bertz CT molecular complexity index is 1300. The fourth-order valence-corrected chi connectivity index (χ4v) is 6.33. The van der Waals surface area contributed by atoms with Gasteiger partial charge in [0.15, 0.2) is 10.2 Å². The first-order chi connectivity index (χ1) is 19.0. The van der Waals surface area contributed by atoms with Crippen molar-refractivity contribution >= 4 is 57.1 Å². The van der Waals surface area contributed by atoms with Gasteiger partial charge >= 0.3 is 0 Å². The average Bonchev–Trinajstić information content (AvgIpc) is 3.76. The second-order valence-corrected chi connectivity index (χ2v) is 11.3. The molecule has 3 aliphatic rings. The number of thiocarbonyl (C=S) groups is 1. The van der Waals surface area contributed by atoms with E-state index in [0.29, 0.717) is 10.2 Å². The molecule has 11 nitrogen and oxygen atoms in total. The van der Waals surface area contributed by atoms with Crippen molar-refractivity contribution in [2.24, 2.45) is 0 Å². The maximum absolute atomic E-state index is 10.9. The van der Waals surface area contributed by atoms with E-state index >= 15 is 0 Å². The molecule has 3 aromatic rings. The summed E-state index contributed by atoms with van der Waals surface area (Å²) in [5.74, 6) is 2.91. The van der Waals surface area contributed by atoms with Gasteiger partial charge in [0.2, 0.25) is 5.95 Å². The Balaban J connectivity index is 1.09. The van der Waals surface area contributed by atoms with Crippen molar-refractivity contribution in [1.82, 2.24) is 19.9 Å². The number of piperazine rings is 1. The molecule has 0 aliphatic carbocycles. The van der Waals surface area contributed by atoms with Gasteiger partial charge in [-0.3, -0.25) is 10.1 Å². The molecule has 0 amide bonds. The van der Waals surface area contributed by atoms with Gasteiger partial charge < -0.3 is 24.9 Å². The number of thiazole rings is 1. The van der Waals surface area contributed by atoms with Crippen molar-refractivity contribution in [2.75, 3.05) is 72.4 Å². The Hall–Kier alpha value is -3.58. The number of nitro groups is 1. The lowest BCUT2D eigenvalue weighted by molar-refractivity contribution is -0.384. The van der Waals surface area contributed by atoms with Crippen LogP contribution < -0.4 is 20.0 Å². The van der Waals surface area contributed by atoms with E-state index < -0.39 is 4.92 Å². The van der Waals surface area contributed by atoms with Gasteiger partial charge in [-0.2, -0.15) is 9.97 Å². The summed E-state index contributed by atoms with van der Waals surface area (Å²) in [7, 11) is 0. The van der Waals surface area contributed by atoms with Crippen LogP contribution >= 0.6 is 23.6 Å². The molecule has 39 heavy (non-hydrogen) atoms. The minimum Gasteiger partial charge on any atom is -0.356 e. The number of nitrogens with one attached hydrogen (secondary N) is 1. The Morgan fingerprint density at radius 1 is 0.846 bits per heavy atom. The van der Waals surface area contributed by atoms with Crippen molar-refractivity contribution in [2.45, 2.75) is 25.7 Å². The zero-order chi connectivity index (χ0) is 26.8. The summed E-state index contributed by atoms with van der Waals surface area (Å²) in [5, 5.41) is 17.5. The third-order valence-electron chi connectivity index (χ3n) is 7.49. The van der Waals surface area contributed by atoms with Crippen LogP contribution in [0.25, 0.3) is 11.3 Å². The Kier molecular flexibility index (Phi) is 7.42. The Morgan fingerprint density at radius 2 is 1.44 bits per heavy atom. The predicted molar refractivity (Wildman–Crippen MR) is 159 cm³/mol. The zero-order valence-corrected chi connectivity index (χ0v) is 23.3. The van der Waals surface area contributed by atoms with E-state index in [1.807, 2.05) is 5.38 Å². The molecule has 0 unspecified atom stereocenters. The minimum absolute atomic E-state index is 0.0640. The van der Waals surface area contributed by atoms with Crippen LogP contribution in [0.5, 0.6) is 0 Å². The van der Waals surface area contributed by atoms with E-state index in [2.05, 4.69) is 36.0 Å². The van der Waals surface area contributed by atoms with Crippen molar-refractivity contribution in [3.05, 3.63) is 45.8 Å². The van der Waals surface area contributed by atoms with E-state index in [0.717, 1.165) is 81.2 Å². The van der Waals surface area contributed by atoms with Gasteiger partial charge in [-0.05, 0) is 50.0 Å². The Labute approximate surface area is 236 Å². The number of non-ortho nitro benzene ring substituents is 1. The highest BCUT2D eigenvalue weighted by Crippen LogP contribution is 2.29. The van der Waals surface area contributed by atoms with Crippen LogP contribution in [0.15, 0.2) is 35.7 Å². The summed E-state index contributed by atoms with van der Waals surface area (Å²) in [6.07, 6.45) is 4.83. The number of hydrogen-bond donors (Lipinski definition) is 1. The van der Waals surface area contributed by atoms with E-state index in [4.69, 9.17) is 22.2 Å². The molecule has 0 bridgehead atoms. The topological polar surface area (TPSA) is 107 Å². The first kappa shape index (κ1) is 25.7. The third kappa shape index (κ3) is 5.74. The number of benzene rings is 1. The normalized spacial score (nSPS) is 17.6. The Morgan fingerprint density at radius 3 is 2.05 bits per heavy atom. The molecule has 204 valence electrons. The van der Waals surface area contributed by atoms with Gasteiger partial charge in [0.25, 0.3) is 5.69 Å². The molecule has 6 rings (SSSR count). The number of hydrogen-bond acceptors (Lipinski definition) is 10. The average molecular weight is 566 g/mol. The molecule has 3 saturated heterocycles. The second kappa shape index (κ2) is 11.3. The van der Waals surface area contributed by atoms with E-state index in [1.54, 1.807) is 12.1 Å². The van der Waals surface area contributed by atoms with E-state index in [-0.39, 0.29) is 5.69 Å². The number of nitrogens with zero attached hydrogens (tertiary/aromatic N) is 8. The molecule has 2 aromatic heterocycles. The van der Waals surface area contributed by atoms with Crippen molar-refractivity contribution in [1.29, 1.82) is 0 Å². The molecule has 13 heteroatoms. The molecule has 1 N–H and O–H groups in total. The number of anilines is 4. The third-order valence-corrected chi connectivity index (χ3v) is 8.61. The summed E-state index contributed by atoms with van der Waals surface area (Å²) in [4.78, 5) is 34.3. The molecular weight excluding hydrogens is 534 g/mol. The predicted octanol–water partition coefficient (Wildman–Crippen LogP) is 4.23. The minimum atomic E-state index is -0.403. The lowest BCUT2D eigenvalue weighted by Crippen LogP contribution is -2.50. The quantitative estimate of drug-likeness (QED) is 0.264. The van der Waals surface area contributed by atoms with Gasteiger partial charge in [-0.25, -0.2) is 4.98 Å².